The van der Waals surface area contributed by atoms with E-state index >= 15 is 0 Å². The normalized spacial score (nSPS) is 30.9. The molecule has 0 heterocycles. The molecule has 0 saturated heterocycles. The molecule has 0 aliphatic heterocycles. The zero-order chi connectivity index (χ0) is 12.0. The molecule has 2 fully saturated rings. The minimum absolute atomic E-state index is 0.175. The van der Waals surface area contributed by atoms with Gasteiger partial charge in [-0.2, -0.15) is 0 Å². The Morgan fingerprint density at radius 3 is 2.59 bits per heavy atom. The molecule has 0 aromatic heterocycles. The van der Waals surface area contributed by atoms with E-state index in [1.54, 1.807) is 0 Å². The fourth-order valence-electron chi connectivity index (χ4n) is 3.25. The third kappa shape index (κ3) is 2.07. The first-order chi connectivity index (χ1) is 8.13. The van der Waals surface area contributed by atoms with E-state index in [0.717, 1.165) is 12.3 Å². The van der Waals surface area contributed by atoms with Gasteiger partial charge >= 0.3 is 0 Å². The largest absolute Gasteiger partial charge is 0.380 e. The maximum absolute atomic E-state index is 13.7. The van der Waals surface area contributed by atoms with Gasteiger partial charge in [-0.1, -0.05) is 6.42 Å². The van der Waals surface area contributed by atoms with Crippen LogP contribution in [0.4, 0.5) is 14.5 Å². The average Bonchev–Trinajstić information content (AvgIpc) is 2.87. The number of anilines is 1. The maximum Gasteiger partial charge on any atom is 0.147 e. The zero-order valence-corrected chi connectivity index (χ0v) is 10.9. The molecule has 1 N–H and O–H groups in total. The van der Waals surface area contributed by atoms with Crippen molar-refractivity contribution in [2.75, 3.05) is 5.32 Å². The van der Waals surface area contributed by atoms with E-state index in [0.29, 0.717) is 17.6 Å². The highest BCUT2D eigenvalue weighted by atomic mass is 79.9. The van der Waals surface area contributed by atoms with E-state index in [2.05, 4.69) is 21.2 Å². The van der Waals surface area contributed by atoms with Crippen molar-refractivity contribution in [1.82, 2.24) is 0 Å². The van der Waals surface area contributed by atoms with Gasteiger partial charge in [-0.25, -0.2) is 8.78 Å². The molecule has 3 unspecified atom stereocenters. The van der Waals surface area contributed by atoms with Crippen molar-refractivity contribution < 1.29 is 8.78 Å². The third-order valence-electron chi connectivity index (χ3n) is 4.09. The molecule has 1 aromatic carbocycles. The second-order valence-corrected chi connectivity index (χ2v) is 6.03. The van der Waals surface area contributed by atoms with E-state index in [-0.39, 0.29) is 10.3 Å². The monoisotopic (exact) mass is 301 g/mol. The summed E-state index contributed by atoms with van der Waals surface area (Å²) in [6.45, 7) is 0. The van der Waals surface area contributed by atoms with Crippen LogP contribution in [0.5, 0.6) is 0 Å². The van der Waals surface area contributed by atoms with E-state index in [9.17, 15) is 8.78 Å². The third-order valence-corrected chi connectivity index (χ3v) is 4.70. The molecule has 3 atom stereocenters. The van der Waals surface area contributed by atoms with E-state index in [4.69, 9.17) is 0 Å². The number of hydrogen-bond donors (Lipinski definition) is 1. The van der Waals surface area contributed by atoms with Crippen LogP contribution in [0.15, 0.2) is 16.6 Å². The minimum Gasteiger partial charge on any atom is -0.380 e. The average molecular weight is 302 g/mol. The van der Waals surface area contributed by atoms with Gasteiger partial charge in [0.25, 0.3) is 0 Å². The fraction of sp³-hybridized carbons (Fsp3) is 0.538. The lowest BCUT2D eigenvalue weighted by atomic mass is 9.95. The predicted octanol–water partition coefficient (Wildman–Crippen LogP) is 4.33. The molecule has 92 valence electrons. The van der Waals surface area contributed by atoms with Crippen LogP contribution >= 0.6 is 15.9 Å². The smallest absolute Gasteiger partial charge is 0.147 e. The summed E-state index contributed by atoms with van der Waals surface area (Å²) in [5.74, 6) is 0.630. The summed E-state index contributed by atoms with van der Waals surface area (Å²) in [7, 11) is 0. The van der Waals surface area contributed by atoms with Gasteiger partial charge in [-0.15, -0.1) is 0 Å². The first kappa shape index (κ1) is 11.5. The number of benzene rings is 1. The van der Waals surface area contributed by atoms with Gasteiger partial charge in [0.1, 0.15) is 11.6 Å². The van der Waals surface area contributed by atoms with Crippen molar-refractivity contribution in [2.24, 2.45) is 11.8 Å². The molecular formula is C13H14BrF2N. The quantitative estimate of drug-likeness (QED) is 0.802. The first-order valence-corrected chi connectivity index (χ1v) is 6.84. The fourth-order valence-corrected chi connectivity index (χ4v) is 3.57. The molecule has 0 spiro atoms. The number of hydrogen-bond acceptors (Lipinski definition) is 1. The van der Waals surface area contributed by atoms with Crippen LogP contribution < -0.4 is 5.32 Å². The molecule has 1 nitrogen and oxygen atoms in total. The summed E-state index contributed by atoms with van der Waals surface area (Å²) >= 11 is 2.98. The Hall–Kier alpha value is -0.640. The Kier molecular flexibility index (Phi) is 2.85. The molecule has 1 aromatic rings. The van der Waals surface area contributed by atoms with Crippen LogP contribution in [-0.4, -0.2) is 6.04 Å². The second kappa shape index (κ2) is 4.23. The zero-order valence-electron chi connectivity index (χ0n) is 9.35. The topological polar surface area (TPSA) is 12.0 Å². The van der Waals surface area contributed by atoms with Crippen LogP contribution in [0.25, 0.3) is 0 Å². The molecule has 0 radical (unpaired) electrons. The van der Waals surface area contributed by atoms with Crippen molar-refractivity contribution in [3.63, 3.8) is 0 Å². The van der Waals surface area contributed by atoms with Crippen molar-refractivity contribution in [3.8, 4) is 0 Å². The van der Waals surface area contributed by atoms with Crippen LogP contribution in [0.2, 0.25) is 0 Å². The van der Waals surface area contributed by atoms with E-state index in [1.165, 1.54) is 31.4 Å². The van der Waals surface area contributed by atoms with Gasteiger partial charge in [0, 0.05) is 12.1 Å². The van der Waals surface area contributed by atoms with Crippen molar-refractivity contribution in [1.29, 1.82) is 0 Å². The Morgan fingerprint density at radius 2 is 1.94 bits per heavy atom. The van der Waals surface area contributed by atoms with Gasteiger partial charge in [0.15, 0.2) is 0 Å². The molecule has 2 aliphatic carbocycles. The Bertz CT molecular complexity index is 449. The predicted molar refractivity (Wildman–Crippen MR) is 66.9 cm³/mol. The molecule has 17 heavy (non-hydrogen) atoms. The Balaban J connectivity index is 1.79. The minimum atomic E-state index is -0.419. The lowest BCUT2D eigenvalue weighted by Crippen LogP contribution is -2.26. The molecule has 2 bridgehead atoms. The lowest BCUT2D eigenvalue weighted by Gasteiger charge is -2.24. The van der Waals surface area contributed by atoms with Gasteiger partial charge in [-0.05, 0) is 53.1 Å². The summed E-state index contributed by atoms with van der Waals surface area (Å²) in [4.78, 5) is 0. The summed E-state index contributed by atoms with van der Waals surface area (Å²) in [6, 6.07) is 2.75. The highest BCUT2D eigenvalue weighted by Crippen LogP contribution is 2.45. The van der Waals surface area contributed by atoms with E-state index in [1.807, 2.05) is 0 Å². The number of fused-ring (bicyclic) bond motifs is 2. The summed E-state index contributed by atoms with van der Waals surface area (Å²) in [5, 5.41) is 3.17. The SMILES string of the molecule is Fc1cc(NC2CC3CCC2C3)c(F)cc1Br. The van der Waals surface area contributed by atoms with Gasteiger partial charge in [-0.3, -0.25) is 0 Å². The second-order valence-electron chi connectivity index (χ2n) is 5.17. The highest BCUT2D eigenvalue weighted by Gasteiger charge is 2.39. The van der Waals surface area contributed by atoms with Gasteiger partial charge in [0.2, 0.25) is 0 Å². The lowest BCUT2D eigenvalue weighted by molar-refractivity contribution is 0.437. The standard InChI is InChI=1S/C13H14BrF2N/c14-9-5-11(16)13(6-10(9)15)17-12-4-7-1-2-8(12)3-7/h5-8,12,17H,1-4H2. The van der Waals surface area contributed by atoms with E-state index < -0.39 is 5.82 Å². The summed E-state index contributed by atoms with van der Waals surface area (Å²) in [5.41, 5.74) is 0.295. The Labute approximate surface area is 108 Å². The summed E-state index contributed by atoms with van der Waals surface area (Å²) in [6.07, 6.45) is 4.88. The van der Waals surface area contributed by atoms with Crippen LogP contribution in [0.1, 0.15) is 25.7 Å². The van der Waals surface area contributed by atoms with Crippen molar-refractivity contribution >= 4 is 21.6 Å². The first-order valence-electron chi connectivity index (χ1n) is 6.04. The number of rotatable bonds is 2. The molecule has 3 rings (SSSR count). The molecule has 0 amide bonds. The van der Waals surface area contributed by atoms with Gasteiger partial charge < -0.3 is 5.32 Å². The number of nitrogens with one attached hydrogen (secondary N) is 1. The van der Waals surface area contributed by atoms with Crippen molar-refractivity contribution in [3.05, 3.63) is 28.2 Å². The maximum atomic E-state index is 13.7. The molecule has 2 saturated carbocycles. The van der Waals surface area contributed by atoms with Crippen LogP contribution in [0, 0.1) is 23.5 Å². The highest BCUT2D eigenvalue weighted by molar-refractivity contribution is 9.10. The van der Waals surface area contributed by atoms with Crippen LogP contribution in [-0.2, 0) is 0 Å². The van der Waals surface area contributed by atoms with Gasteiger partial charge in [0.05, 0.1) is 10.2 Å². The molecule has 2 aliphatic rings. The Morgan fingerprint density at radius 1 is 1.12 bits per heavy atom. The molecule has 4 heteroatoms. The summed E-state index contributed by atoms with van der Waals surface area (Å²) < 4.78 is 27.2. The van der Waals surface area contributed by atoms with Crippen LogP contribution in [0.3, 0.4) is 0 Å². The number of halogens is 3. The molecular weight excluding hydrogens is 288 g/mol. The van der Waals surface area contributed by atoms with Crippen molar-refractivity contribution in [2.45, 2.75) is 31.7 Å².